The van der Waals surface area contributed by atoms with E-state index in [-0.39, 0.29) is 11.9 Å². The highest BCUT2D eigenvalue weighted by atomic mass is 35.5. The van der Waals surface area contributed by atoms with E-state index < -0.39 is 0 Å². The van der Waals surface area contributed by atoms with E-state index in [9.17, 15) is 4.79 Å². The molecule has 1 atom stereocenters. The number of carbonyl (C=O) groups excluding carboxylic acids is 1. The number of benzene rings is 1. The zero-order chi connectivity index (χ0) is 14.0. The summed E-state index contributed by atoms with van der Waals surface area (Å²) in [4.78, 5) is 14.3. The number of carbonyl (C=O) groups is 1. The molecule has 4 heteroatoms. The van der Waals surface area contributed by atoms with E-state index in [2.05, 4.69) is 19.2 Å². The first-order valence-electron chi connectivity index (χ1n) is 6.82. The molecule has 0 saturated carbocycles. The predicted octanol–water partition coefficient (Wildman–Crippen LogP) is 3.14. The van der Waals surface area contributed by atoms with Gasteiger partial charge >= 0.3 is 0 Å². The van der Waals surface area contributed by atoms with Crippen LogP contribution < -0.4 is 10.2 Å². The number of nitrogens with one attached hydrogen (secondary N) is 1. The molecule has 1 unspecified atom stereocenters. The third-order valence-electron chi connectivity index (χ3n) is 3.37. The van der Waals surface area contributed by atoms with Crippen LogP contribution in [0.15, 0.2) is 18.2 Å². The fourth-order valence-corrected chi connectivity index (χ4v) is 2.84. The summed E-state index contributed by atoms with van der Waals surface area (Å²) in [6.07, 6.45) is 1.90. The van der Waals surface area contributed by atoms with Gasteiger partial charge in [0, 0.05) is 12.6 Å². The Morgan fingerprint density at radius 1 is 1.42 bits per heavy atom. The number of anilines is 1. The zero-order valence-electron chi connectivity index (χ0n) is 11.7. The van der Waals surface area contributed by atoms with Gasteiger partial charge in [-0.2, -0.15) is 0 Å². The van der Waals surface area contributed by atoms with Gasteiger partial charge < -0.3 is 10.2 Å². The molecule has 1 fully saturated rings. The van der Waals surface area contributed by atoms with Crippen LogP contribution >= 0.6 is 11.6 Å². The monoisotopic (exact) mass is 280 g/mol. The van der Waals surface area contributed by atoms with Crippen LogP contribution in [0.25, 0.3) is 0 Å². The third-order valence-corrected chi connectivity index (χ3v) is 3.67. The molecule has 0 spiro atoms. The van der Waals surface area contributed by atoms with Gasteiger partial charge in [0.25, 0.3) is 0 Å². The summed E-state index contributed by atoms with van der Waals surface area (Å²) in [5.74, 6) is 0.130. The molecule has 19 heavy (non-hydrogen) atoms. The lowest BCUT2D eigenvalue weighted by molar-refractivity contribution is -0.121. The second kappa shape index (κ2) is 5.93. The summed E-state index contributed by atoms with van der Waals surface area (Å²) in [6.45, 7) is 6.87. The lowest BCUT2D eigenvalue weighted by Gasteiger charge is -2.34. The molecule has 1 heterocycles. The minimum atomic E-state index is -0.0916. The van der Waals surface area contributed by atoms with E-state index >= 15 is 0 Å². The summed E-state index contributed by atoms with van der Waals surface area (Å²) < 4.78 is 0. The van der Waals surface area contributed by atoms with Crippen LogP contribution in [-0.2, 0) is 4.79 Å². The Bertz CT molecular complexity index is 473. The van der Waals surface area contributed by atoms with E-state index in [0.29, 0.717) is 11.1 Å². The normalized spacial score (nSPS) is 20.2. The standard InChI is InChI=1S/C15H21ClN2O/c1-10(2)17-13-5-4-8-18(15(13)19)14-7-6-11(3)9-12(14)16/h6-7,9-10,13,17H,4-5,8H2,1-3H3. The van der Waals surface area contributed by atoms with Gasteiger partial charge in [0.1, 0.15) is 0 Å². The molecule has 1 aliphatic rings. The van der Waals surface area contributed by atoms with E-state index in [1.54, 1.807) is 0 Å². The topological polar surface area (TPSA) is 32.3 Å². The van der Waals surface area contributed by atoms with E-state index in [1.807, 2.05) is 30.0 Å². The molecule has 1 aromatic rings. The minimum absolute atomic E-state index is 0.0916. The minimum Gasteiger partial charge on any atom is -0.310 e. The highest BCUT2D eigenvalue weighted by Crippen LogP contribution is 2.29. The molecule has 0 aromatic heterocycles. The maximum absolute atomic E-state index is 12.5. The van der Waals surface area contributed by atoms with Gasteiger partial charge in [0.2, 0.25) is 5.91 Å². The molecule has 1 aromatic carbocycles. The average Bonchev–Trinajstić information content (AvgIpc) is 2.32. The van der Waals surface area contributed by atoms with Crippen LogP contribution in [-0.4, -0.2) is 24.5 Å². The number of nitrogens with zero attached hydrogens (tertiary/aromatic N) is 1. The first-order valence-corrected chi connectivity index (χ1v) is 7.20. The number of aryl methyl sites for hydroxylation is 1. The van der Waals surface area contributed by atoms with Gasteiger partial charge in [-0.15, -0.1) is 0 Å². The zero-order valence-corrected chi connectivity index (χ0v) is 12.5. The molecule has 0 radical (unpaired) electrons. The summed E-state index contributed by atoms with van der Waals surface area (Å²) in [6, 6.07) is 6.05. The number of rotatable bonds is 3. The lowest BCUT2D eigenvalue weighted by Crippen LogP contribution is -2.52. The van der Waals surface area contributed by atoms with Crippen LogP contribution in [0.4, 0.5) is 5.69 Å². The van der Waals surface area contributed by atoms with Crippen LogP contribution in [0.2, 0.25) is 5.02 Å². The Morgan fingerprint density at radius 2 is 2.16 bits per heavy atom. The van der Waals surface area contributed by atoms with Gasteiger partial charge in [-0.25, -0.2) is 0 Å². The van der Waals surface area contributed by atoms with Crippen molar-refractivity contribution in [2.24, 2.45) is 0 Å². The van der Waals surface area contributed by atoms with Crippen LogP contribution in [0, 0.1) is 6.92 Å². The van der Waals surface area contributed by atoms with Gasteiger partial charge in [0.05, 0.1) is 16.8 Å². The molecule has 1 saturated heterocycles. The van der Waals surface area contributed by atoms with Crippen LogP contribution in [0.5, 0.6) is 0 Å². The second-order valence-corrected chi connectivity index (χ2v) is 5.87. The van der Waals surface area contributed by atoms with Crippen LogP contribution in [0.3, 0.4) is 0 Å². The molecule has 1 amide bonds. The molecule has 0 bridgehead atoms. The Hall–Kier alpha value is -1.06. The second-order valence-electron chi connectivity index (χ2n) is 5.46. The first kappa shape index (κ1) is 14.4. The van der Waals surface area contributed by atoms with Crippen molar-refractivity contribution in [2.45, 2.75) is 45.7 Å². The average molecular weight is 281 g/mol. The van der Waals surface area contributed by atoms with Crippen LogP contribution in [0.1, 0.15) is 32.3 Å². The molecule has 3 nitrogen and oxygen atoms in total. The fraction of sp³-hybridized carbons (Fsp3) is 0.533. The Labute approximate surface area is 119 Å². The van der Waals surface area contributed by atoms with E-state index in [0.717, 1.165) is 30.6 Å². The maximum atomic E-state index is 12.5. The van der Waals surface area contributed by atoms with E-state index in [1.165, 1.54) is 0 Å². The Morgan fingerprint density at radius 3 is 2.79 bits per heavy atom. The smallest absolute Gasteiger partial charge is 0.244 e. The largest absolute Gasteiger partial charge is 0.310 e. The molecule has 1 aliphatic heterocycles. The number of amides is 1. The molecule has 104 valence electrons. The first-order chi connectivity index (χ1) is 8.99. The predicted molar refractivity (Wildman–Crippen MR) is 79.8 cm³/mol. The highest BCUT2D eigenvalue weighted by molar-refractivity contribution is 6.34. The van der Waals surface area contributed by atoms with Crippen molar-refractivity contribution < 1.29 is 4.79 Å². The molecule has 1 N–H and O–H groups in total. The maximum Gasteiger partial charge on any atom is 0.244 e. The van der Waals surface area contributed by atoms with Gasteiger partial charge in [-0.1, -0.05) is 31.5 Å². The third kappa shape index (κ3) is 3.28. The summed E-state index contributed by atoms with van der Waals surface area (Å²) >= 11 is 6.27. The molecular formula is C15H21ClN2O. The van der Waals surface area contributed by atoms with Gasteiger partial charge in [-0.3, -0.25) is 4.79 Å². The van der Waals surface area contributed by atoms with Gasteiger partial charge in [-0.05, 0) is 37.5 Å². The Balaban J connectivity index is 2.21. The number of halogens is 1. The molecule has 2 rings (SSSR count). The number of piperidine rings is 1. The van der Waals surface area contributed by atoms with Crippen molar-refractivity contribution in [3.05, 3.63) is 28.8 Å². The van der Waals surface area contributed by atoms with Crippen molar-refractivity contribution in [3.8, 4) is 0 Å². The van der Waals surface area contributed by atoms with E-state index in [4.69, 9.17) is 11.6 Å². The van der Waals surface area contributed by atoms with Gasteiger partial charge in [0.15, 0.2) is 0 Å². The SMILES string of the molecule is Cc1ccc(N2CCCC(NC(C)C)C2=O)c(Cl)c1. The quantitative estimate of drug-likeness (QED) is 0.922. The van der Waals surface area contributed by atoms with Crippen molar-refractivity contribution in [1.82, 2.24) is 5.32 Å². The molecule has 0 aliphatic carbocycles. The summed E-state index contributed by atoms with van der Waals surface area (Å²) in [7, 11) is 0. The van der Waals surface area contributed by atoms with Crippen molar-refractivity contribution in [2.75, 3.05) is 11.4 Å². The Kier molecular flexibility index (Phi) is 4.48. The fourth-order valence-electron chi connectivity index (χ4n) is 2.50. The van der Waals surface area contributed by atoms with Crippen molar-refractivity contribution in [3.63, 3.8) is 0 Å². The molecular weight excluding hydrogens is 260 g/mol. The lowest BCUT2D eigenvalue weighted by atomic mass is 10.0. The highest BCUT2D eigenvalue weighted by Gasteiger charge is 2.30. The summed E-state index contributed by atoms with van der Waals surface area (Å²) in [5.41, 5.74) is 1.93. The number of hydrogen-bond donors (Lipinski definition) is 1. The summed E-state index contributed by atoms with van der Waals surface area (Å²) in [5, 5.41) is 3.98. The van der Waals surface area contributed by atoms with Crippen molar-refractivity contribution >= 4 is 23.2 Å². The van der Waals surface area contributed by atoms with Crippen molar-refractivity contribution in [1.29, 1.82) is 0 Å². The number of hydrogen-bond acceptors (Lipinski definition) is 2.